The first-order valence-electron chi connectivity index (χ1n) is 7.27. The van der Waals surface area contributed by atoms with E-state index in [1.807, 2.05) is 11.5 Å². The fourth-order valence-electron chi connectivity index (χ4n) is 1.73. The number of unbranched alkanes of at least 4 members (excludes halogenated alkanes) is 4. The second-order valence-corrected chi connectivity index (χ2v) is 5.56. The normalized spacial score (nSPS) is 11.6. The number of ether oxygens (including phenoxy) is 1. The number of hydrogen-bond donors (Lipinski definition) is 1. The topological polar surface area (TPSA) is 65.2 Å². The number of carbonyl (C=O) groups excluding carboxylic acids is 1. The van der Waals surface area contributed by atoms with Gasteiger partial charge in [0, 0.05) is 5.38 Å². The first-order valence-corrected chi connectivity index (χ1v) is 8.15. The minimum absolute atomic E-state index is 0.291. The summed E-state index contributed by atoms with van der Waals surface area (Å²) in [7, 11) is 0. The van der Waals surface area contributed by atoms with Gasteiger partial charge in [-0.15, -0.1) is 11.3 Å². The fourth-order valence-corrected chi connectivity index (χ4v) is 2.29. The standard InChI is InChI=1S/C15H24N2O2S/c1-3-5-7-8-9-12(13-11-20-15(16)17-13)14(18)19-10-6-4-2/h9,11H,3-8,10H2,1-2H3,(H2,16,17). The number of nitrogen functional groups attached to an aromatic ring is 1. The van der Waals surface area contributed by atoms with Gasteiger partial charge < -0.3 is 10.5 Å². The average Bonchev–Trinajstić information content (AvgIpc) is 2.85. The SMILES string of the molecule is CCCCCC=C(C(=O)OCCCC)c1csc(N)n1. The molecule has 0 atom stereocenters. The molecule has 112 valence electrons. The van der Waals surface area contributed by atoms with E-state index in [1.165, 1.54) is 11.3 Å². The van der Waals surface area contributed by atoms with Crippen molar-refractivity contribution in [3.63, 3.8) is 0 Å². The third-order valence-electron chi connectivity index (χ3n) is 2.90. The Morgan fingerprint density at radius 2 is 2.10 bits per heavy atom. The number of nitrogens with zero attached hydrogens (tertiary/aromatic N) is 1. The maximum atomic E-state index is 12.1. The first-order chi connectivity index (χ1) is 9.69. The van der Waals surface area contributed by atoms with Crippen molar-refractivity contribution in [2.45, 2.75) is 52.4 Å². The maximum Gasteiger partial charge on any atom is 0.340 e. The molecule has 1 heterocycles. The molecule has 0 spiro atoms. The van der Waals surface area contributed by atoms with Crippen molar-refractivity contribution in [2.75, 3.05) is 12.3 Å². The van der Waals surface area contributed by atoms with Crippen LogP contribution >= 0.6 is 11.3 Å². The predicted octanol–water partition coefficient (Wildman–Crippen LogP) is 4.03. The van der Waals surface area contributed by atoms with Crippen LogP contribution in [0.1, 0.15) is 58.1 Å². The van der Waals surface area contributed by atoms with E-state index in [0.717, 1.165) is 38.5 Å². The van der Waals surface area contributed by atoms with Gasteiger partial charge in [-0.1, -0.05) is 39.2 Å². The molecular weight excluding hydrogens is 272 g/mol. The quantitative estimate of drug-likeness (QED) is 0.424. The molecule has 0 unspecified atom stereocenters. The molecule has 0 aliphatic rings. The molecule has 1 aromatic heterocycles. The van der Waals surface area contributed by atoms with Gasteiger partial charge >= 0.3 is 5.97 Å². The second-order valence-electron chi connectivity index (χ2n) is 4.67. The summed E-state index contributed by atoms with van der Waals surface area (Å²) >= 11 is 1.34. The van der Waals surface area contributed by atoms with Crippen LogP contribution in [-0.2, 0) is 9.53 Å². The Kier molecular flexibility index (Phi) is 7.95. The molecule has 0 aliphatic carbocycles. The third-order valence-corrected chi connectivity index (χ3v) is 3.58. The van der Waals surface area contributed by atoms with Crippen molar-refractivity contribution in [1.82, 2.24) is 4.98 Å². The molecule has 0 bridgehead atoms. The van der Waals surface area contributed by atoms with Crippen LogP contribution in [0.4, 0.5) is 5.13 Å². The van der Waals surface area contributed by atoms with Crippen LogP contribution in [0.2, 0.25) is 0 Å². The van der Waals surface area contributed by atoms with Gasteiger partial charge in [0.2, 0.25) is 0 Å². The van der Waals surface area contributed by atoms with Crippen molar-refractivity contribution >= 4 is 28.0 Å². The van der Waals surface area contributed by atoms with E-state index in [1.54, 1.807) is 0 Å². The summed E-state index contributed by atoms with van der Waals surface area (Å²) in [6.45, 7) is 4.68. The molecule has 5 heteroatoms. The Balaban J connectivity index is 2.70. The van der Waals surface area contributed by atoms with Gasteiger partial charge in [0.05, 0.1) is 17.9 Å². The van der Waals surface area contributed by atoms with E-state index in [4.69, 9.17) is 10.5 Å². The minimum Gasteiger partial charge on any atom is -0.462 e. The molecule has 0 amide bonds. The van der Waals surface area contributed by atoms with Crippen molar-refractivity contribution in [2.24, 2.45) is 0 Å². The van der Waals surface area contributed by atoms with Gasteiger partial charge in [-0.3, -0.25) is 0 Å². The number of rotatable bonds is 9. The van der Waals surface area contributed by atoms with E-state index >= 15 is 0 Å². The zero-order chi connectivity index (χ0) is 14.8. The molecule has 0 aliphatic heterocycles. The van der Waals surface area contributed by atoms with E-state index in [0.29, 0.717) is 23.0 Å². The fraction of sp³-hybridized carbons (Fsp3) is 0.600. The van der Waals surface area contributed by atoms with Crippen molar-refractivity contribution < 1.29 is 9.53 Å². The molecule has 0 aromatic carbocycles. The van der Waals surface area contributed by atoms with Gasteiger partial charge in [0.25, 0.3) is 0 Å². The number of esters is 1. The van der Waals surface area contributed by atoms with E-state index in [9.17, 15) is 4.79 Å². The smallest absolute Gasteiger partial charge is 0.340 e. The number of nitrogens with two attached hydrogens (primary N) is 1. The molecule has 1 aromatic rings. The lowest BCUT2D eigenvalue weighted by molar-refractivity contribution is -0.136. The van der Waals surface area contributed by atoms with E-state index < -0.39 is 0 Å². The molecule has 0 radical (unpaired) electrons. The zero-order valence-electron chi connectivity index (χ0n) is 12.4. The van der Waals surface area contributed by atoms with Crippen LogP contribution in [-0.4, -0.2) is 17.6 Å². The Hall–Kier alpha value is -1.36. The van der Waals surface area contributed by atoms with Crippen LogP contribution in [0.15, 0.2) is 11.5 Å². The molecule has 0 fully saturated rings. The summed E-state index contributed by atoms with van der Waals surface area (Å²) in [5.74, 6) is -0.291. The highest BCUT2D eigenvalue weighted by molar-refractivity contribution is 7.13. The van der Waals surface area contributed by atoms with Crippen LogP contribution in [0, 0.1) is 0 Å². The molecule has 0 saturated heterocycles. The second kappa shape index (κ2) is 9.53. The molecule has 0 saturated carbocycles. The molecule has 4 nitrogen and oxygen atoms in total. The summed E-state index contributed by atoms with van der Waals surface area (Å²) < 4.78 is 5.28. The molecule has 1 rings (SSSR count). The Morgan fingerprint density at radius 3 is 2.70 bits per heavy atom. The van der Waals surface area contributed by atoms with Gasteiger partial charge in [0.15, 0.2) is 5.13 Å². The van der Waals surface area contributed by atoms with E-state index in [-0.39, 0.29) is 5.97 Å². The van der Waals surface area contributed by atoms with E-state index in [2.05, 4.69) is 18.8 Å². The first kappa shape index (κ1) is 16.7. The van der Waals surface area contributed by atoms with Crippen molar-refractivity contribution in [3.05, 3.63) is 17.2 Å². The molecular formula is C15H24N2O2S. The number of thiazole rings is 1. The molecule has 2 N–H and O–H groups in total. The highest BCUT2D eigenvalue weighted by atomic mass is 32.1. The zero-order valence-corrected chi connectivity index (χ0v) is 13.2. The van der Waals surface area contributed by atoms with Crippen LogP contribution in [0.5, 0.6) is 0 Å². The maximum absolute atomic E-state index is 12.1. The number of anilines is 1. The number of hydrogen-bond acceptors (Lipinski definition) is 5. The van der Waals surface area contributed by atoms with Gasteiger partial charge in [0.1, 0.15) is 0 Å². The predicted molar refractivity (Wildman–Crippen MR) is 84.5 cm³/mol. The number of allylic oxidation sites excluding steroid dienone is 1. The lowest BCUT2D eigenvalue weighted by Gasteiger charge is -2.06. The number of aromatic nitrogens is 1. The van der Waals surface area contributed by atoms with Crippen LogP contribution in [0.25, 0.3) is 5.57 Å². The van der Waals surface area contributed by atoms with Gasteiger partial charge in [-0.25, -0.2) is 9.78 Å². The van der Waals surface area contributed by atoms with Crippen molar-refractivity contribution in [1.29, 1.82) is 0 Å². The minimum atomic E-state index is -0.291. The number of carbonyl (C=O) groups is 1. The summed E-state index contributed by atoms with van der Waals surface area (Å²) in [6, 6.07) is 0. The monoisotopic (exact) mass is 296 g/mol. The van der Waals surface area contributed by atoms with Gasteiger partial charge in [-0.2, -0.15) is 0 Å². The molecule has 20 heavy (non-hydrogen) atoms. The Labute approximate surface area is 125 Å². The highest BCUT2D eigenvalue weighted by Crippen LogP contribution is 2.22. The highest BCUT2D eigenvalue weighted by Gasteiger charge is 2.16. The summed E-state index contributed by atoms with van der Waals surface area (Å²) in [5, 5.41) is 2.28. The summed E-state index contributed by atoms with van der Waals surface area (Å²) in [5.41, 5.74) is 6.82. The summed E-state index contributed by atoms with van der Waals surface area (Å²) in [6.07, 6.45) is 8.08. The average molecular weight is 296 g/mol. The lowest BCUT2D eigenvalue weighted by atomic mass is 10.1. The van der Waals surface area contributed by atoms with Crippen LogP contribution in [0.3, 0.4) is 0 Å². The Bertz CT molecular complexity index is 441. The Morgan fingerprint density at radius 1 is 1.35 bits per heavy atom. The third kappa shape index (κ3) is 5.74. The van der Waals surface area contributed by atoms with Crippen LogP contribution < -0.4 is 5.73 Å². The summed E-state index contributed by atoms with van der Waals surface area (Å²) in [4.78, 5) is 16.3. The van der Waals surface area contributed by atoms with Crippen molar-refractivity contribution in [3.8, 4) is 0 Å². The largest absolute Gasteiger partial charge is 0.462 e. The van der Waals surface area contributed by atoms with Gasteiger partial charge in [-0.05, 0) is 19.3 Å². The lowest BCUT2D eigenvalue weighted by Crippen LogP contribution is -2.09.